The second kappa shape index (κ2) is 7.03. The first-order valence-electron chi connectivity index (χ1n) is 8.58. The number of hydrogen-bond acceptors (Lipinski definition) is 5. The molecule has 26 heavy (non-hydrogen) atoms. The smallest absolute Gasteiger partial charge is 0.270 e. The van der Waals surface area contributed by atoms with Gasteiger partial charge in [-0.3, -0.25) is 9.78 Å². The number of benzene rings is 1. The van der Waals surface area contributed by atoms with Crippen LogP contribution in [0, 0.1) is 5.82 Å². The van der Waals surface area contributed by atoms with Gasteiger partial charge in [0.2, 0.25) is 0 Å². The van der Waals surface area contributed by atoms with E-state index in [1.54, 1.807) is 30.5 Å². The number of carbonyl (C=O) groups excluding carboxylic acids is 1. The fourth-order valence-electron chi connectivity index (χ4n) is 3.26. The highest BCUT2D eigenvalue weighted by molar-refractivity contribution is 5.92. The van der Waals surface area contributed by atoms with E-state index in [1.807, 2.05) is 0 Å². The summed E-state index contributed by atoms with van der Waals surface area (Å²) in [6, 6.07) is 9.90. The molecular weight excluding hydrogens is 333 g/mol. The van der Waals surface area contributed by atoms with Gasteiger partial charge in [-0.2, -0.15) is 0 Å². The van der Waals surface area contributed by atoms with Gasteiger partial charge in [-0.1, -0.05) is 6.07 Å². The number of hydrogen-bond donors (Lipinski definition) is 1. The molecule has 3 aromatic rings. The maximum atomic E-state index is 13.6. The van der Waals surface area contributed by atoms with Crippen molar-refractivity contribution in [2.24, 2.45) is 0 Å². The Morgan fingerprint density at radius 1 is 1.12 bits per heavy atom. The molecule has 4 rings (SSSR count). The molecule has 0 aliphatic carbocycles. The number of anilines is 1. The quantitative estimate of drug-likeness (QED) is 0.785. The highest BCUT2D eigenvalue weighted by Crippen LogP contribution is 2.26. The lowest BCUT2D eigenvalue weighted by Crippen LogP contribution is -2.45. The minimum absolute atomic E-state index is 0.0885. The second-order valence-electron chi connectivity index (χ2n) is 6.31. The van der Waals surface area contributed by atoms with Gasteiger partial charge in [-0.15, -0.1) is 0 Å². The average molecular weight is 351 g/mol. The van der Waals surface area contributed by atoms with Crippen LogP contribution in [0.15, 0.2) is 48.9 Å². The summed E-state index contributed by atoms with van der Waals surface area (Å²) >= 11 is 0. The molecule has 1 aliphatic heterocycles. The summed E-state index contributed by atoms with van der Waals surface area (Å²) in [7, 11) is 0. The second-order valence-corrected chi connectivity index (χ2v) is 6.31. The predicted octanol–water partition coefficient (Wildman–Crippen LogP) is 2.56. The number of piperidine rings is 1. The number of aromatic nitrogens is 3. The van der Waals surface area contributed by atoms with Crippen molar-refractivity contribution in [1.29, 1.82) is 0 Å². The van der Waals surface area contributed by atoms with Gasteiger partial charge in [0.15, 0.2) is 0 Å². The zero-order valence-electron chi connectivity index (χ0n) is 14.1. The third-order valence-electron chi connectivity index (χ3n) is 4.60. The van der Waals surface area contributed by atoms with Crippen molar-refractivity contribution in [3.63, 3.8) is 0 Å². The number of pyridine rings is 1. The summed E-state index contributed by atoms with van der Waals surface area (Å²) in [6.07, 6.45) is 4.69. The van der Waals surface area contributed by atoms with Crippen molar-refractivity contribution >= 4 is 22.6 Å². The van der Waals surface area contributed by atoms with Gasteiger partial charge >= 0.3 is 0 Å². The van der Waals surface area contributed by atoms with Crippen molar-refractivity contribution in [2.75, 3.05) is 18.0 Å². The minimum Gasteiger partial charge on any atom is -0.356 e. The van der Waals surface area contributed by atoms with Crippen LogP contribution in [-0.4, -0.2) is 40.0 Å². The molecule has 1 saturated heterocycles. The van der Waals surface area contributed by atoms with Crippen molar-refractivity contribution in [3.05, 3.63) is 60.4 Å². The van der Waals surface area contributed by atoms with Crippen molar-refractivity contribution in [1.82, 2.24) is 20.3 Å². The van der Waals surface area contributed by atoms with Crippen LogP contribution in [0.4, 0.5) is 10.2 Å². The summed E-state index contributed by atoms with van der Waals surface area (Å²) in [4.78, 5) is 27.0. The van der Waals surface area contributed by atoms with Crippen molar-refractivity contribution < 1.29 is 9.18 Å². The van der Waals surface area contributed by atoms with E-state index in [1.165, 1.54) is 18.5 Å². The van der Waals surface area contributed by atoms with Crippen LogP contribution in [0.5, 0.6) is 0 Å². The van der Waals surface area contributed by atoms with Crippen molar-refractivity contribution in [2.45, 2.75) is 18.9 Å². The summed E-state index contributed by atoms with van der Waals surface area (Å²) in [5, 5.41) is 3.74. The maximum absolute atomic E-state index is 13.6. The van der Waals surface area contributed by atoms with E-state index in [-0.39, 0.29) is 17.8 Å². The molecule has 1 amide bonds. The average Bonchev–Trinajstić information content (AvgIpc) is 2.69. The van der Waals surface area contributed by atoms with Crippen molar-refractivity contribution in [3.8, 4) is 0 Å². The fourth-order valence-corrected chi connectivity index (χ4v) is 3.26. The van der Waals surface area contributed by atoms with Gasteiger partial charge in [0.25, 0.3) is 5.91 Å². The summed E-state index contributed by atoms with van der Waals surface area (Å²) < 4.78 is 13.6. The molecule has 6 nitrogen and oxygen atoms in total. The topological polar surface area (TPSA) is 71.0 Å². The van der Waals surface area contributed by atoms with Crippen LogP contribution in [0.3, 0.4) is 0 Å². The molecule has 7 heteroatoms. The molecular formula is C19H18FN5O. The Labute approximate surface area is 150 Å². The van der Waals surface area contributed by atoms with Crippen LogP contribution < -0.4 is 10.2 Å². The first-order chi connectivity index (χ1) is 12.7. The van der Waals surface area contributed by atoms with Gasteiger partial charge < -0.3 is 10.2 Å². The molecule has 0 atom stereocenters. The summed E-state index contributed by atoms with van der Waals surface area (Å²) in [5.74, 6) is 0.286. The largest absolute Gasteiger partial charge is 0.356 e. The Morgan fingerprint density at radius 2 is 1.96 bits per heavy atom. The predicted molar refractivity (Wildman–Crippen MR) is 96.4 cm³/mol. The zero-order chi connectivity index (χ0) is 17.9. The van der Waals surface area contributed by atoms with Gasteiger partial charge in [0.1, 0.15) is 23.7 Å². The number of carbonyl (C=O) groups is 1. The zero-order valence-corrected chi connectivity index (χ0v) is 14.1. The molecule has 1 aliphatic rings. The number of rotatable bonds is 3. The normalized spacial score (nSPS) is 15.2. The number of amides is 1. The molecule has 0 unspecified atom stereocenters. The lowest BCUT2D eigenvalue weighted by Gasteiger charge is -2.33. The fraction of sp³-hybridized carbons (Fsp3) is 0.263. The molecule has 0 bridgehead atoms. The van der Waals surface area contributed by atoms with Crippen LogP contribution in [0.2, 0.25) is 0 Å². The molecule has 132 valence electrons. The lowest BCUT2D eigenvalue weighted by atomic mass is 10.0. The minimum atomic E-state index is -0.300. The standard InChI is InChI=1S/C19H18FN5O/c20-13-4-5-16-15(11-13)18(23-12-22-16)25-9-6-14(7-10-25)24-19(26)17-3-1-2-8-21-17/h1-5,8,11-12,14H,6-7,9-10H2,(H,24,26). The van der Waals surface area contributed by atoms with E-state index in [0.717, 1.165) is 37.3 Å². The summed E-state index contributed by atoms with van der Waals surface area (Å²) in [6.45, 7) is 1.46. The summed E-state index contributed by atoms with van der Waals surface area (Å²) in [5.41, 5.74) is 1.15. The van der Waals surface area contributed by atoms with E-state index in [4.69, 9.17) is 0 Å². The molecule has 1 N–H and O–H groups in total. The Balaban J connectivity index is 1.44. The first kappa shape index (κ1) is 16.4. The SMILES string of the molecule is O=C(NC1CCN(c2ncnc3ccc(F)cc23)CC1)c1ccccn1. The molecule has 0 radical (unpaired) electrons. The molecule has 3 heterocycles. The third kappa shape index (κ3) is 3.33. The van der Waals surface area contributed by atoms with E-state index >= 15 is 0 Å². The molecule has 2 aromatic heterocycles. The maximum Gasteiger partial charge on any atom is 0.270 e. The molecule has 1 fully saturated rings. The van der Waals surface area contributed by atoms with Crippen LogP contribution in [0.25, 0.3) is 10.9 Å². The van der Waals surface area contributed by atoms with Gasteiger partial charge in [0, 0.05) is 30.7 Å². The van der Waals surface area contributed by atoms with E-state index in [2.05, 4.69) is 25.2 Å². The lowest BCUT2D eigenvalue weighted by molar-refractivity contribution is 0.0926. The Bertz CT molecular complexity index is 926. The highest BCUT2D eigenvalue weighted by atomic mass is 19.1. The molecule has 0 saturated carbocycles. The van der Waals surface area contributed by atoms with Gasteiger partial charge in [-0.25, -0.2) is 14.4 Å². The number of fused-ring (bicyclic) bond motifs is 1. The molecule has 1 aromatic carbocycles. The number of nitrogens with zero attached hydrogens (tertiary/aromatic N) is 4. The van der Waals surface area contributed by atoms with Crippen LogP contribution >= 0.6 is 0 Å². The Morgan fingerprint density at radius 3 is 2.73 bits per heavy atom. The number of halogens is 1. The molecule has 0 spiro atoms. The third-order valence-corrected chi connectivity index (χ3v) is 4.60. The monoisotopic (exact) mass is 351 g/mol. The van der Waals surface area contributed by atoms with E-state index in [9.17, 15) is 9.18 Å². The first-order valence-corrected chi connectivity index (χ1v) is 8.58. The Kier molecular flexibility index (Phi) is 4.43. The van der Waals surface area contributed by atoms with Gasteiger partial charge in [-0.05, 0) is 43.2 Å². The van der Waals surface area contributed by atoms with Gasteiger partial charge in [0.05, 0.1) is 5.52 Å². The highest BCUT2D eigenvalue weighted by Gasteiger charge is 2.23. The number of nitrogens with one attached hydrogen (secondary N) is 1. The van der Waals surface area contributed by atoms with Crippen LogP contribution in [-0.2, 0) is 0 Å². The van der Waals surface area contributed by atoms with E-state index < -0.39 is 0 Å². The Hall–Kier alpha value is -3.09. The van der Waals surface area contributed by atoms with E-state index in [0.29, 0.717) is 11.1 Å². The van der Waals surface area contributed by atoms with Crippen LogP contribution in [0.1, 0.15) is 23.3 Å².